The second-order valence-electron chi connectivity index (χ2n) is 3.77. The molecule has 0 aliphatic heterocycles. The van der Waals surface area contributed by atoms with Crippen molar-refractivity contribution in [1.82, 2.24) is 10.6 Å². The molecule has 13 heavy (non-hydrogen) atoms. The van der Waals surface area contributed by atoms with E-state index in [-0.39, 0.29) is 11.4 Å². The van der Waals surface area contributed by atoms with Gasteiger partial charge in [0.1, 0.15) is 0 Å². The van der Waals surface area contributed by atoms with Crippen LogP contribution in [0.1, 0.15) is 26.2 Å². The smallest absolute Gasteiger partial charge is 0.234 e. The Bertz CT molecular complexity index is 226. The first-order valence-electron chi connectivity index (χ1n) is 4.61. The van der Waals surface area contributed by atoms with E-state index in [4.69, 9.17) is 6.42 Å². The molecule has 0 heterocycles. The molecule has 72 valence electrons. The van der Waals surface area contributed by atoms with Crippen LogP contribution in [0.15, 0.2) is 0 Å². The Hall–Kier alpha value is -1.01. The summed E-state index contributed by atoms with van der Waals surface area (Å²) in [6.45, 7) is 2.85. The third-order valence-electron chi connectivity index (χ3n) is 2.41. The van der Waals surface area contributed by atoms with Gasteiger partial charge < -0.3 is 5.32 Å². The van der Waals surface area contributed by atoms with E-state index in [1.807, 2.05) is 0 Å². The van der Waals surface area contributed by atoms with Gasteiger partial charge in [0.25, 0.3) is 0 Å². The van der Waals surface area contributed by atoms with Gasteiger partial charge >= 0.3 is 0 Å². The van der Waals surface area contributed by atoms with Gasteiger partial charge in [-0.1, -0.05) is 5.92 Å². The summed E-state index contributed by atoms with van der Waals surface area (Å²) in [5.41, 5.74) is 0.0505. The van der Waals surface area contributed by atoms with Crippen LogP contribution in [0.5, 0.6) is 0 Å². The van der Waals surface area contributed by atoms with Gasteiger partial charge in [-0.3, -0.25) is 10.1 Å². The van der Waals surface area contributed by atoms with Crippen molar-refractivity contribution in [1.29, 1.82) is 0 Å². The molecule has 1 rings (SSSR count). The number of hydrogen-bond donors (Lipinski definition) is 2. The molecule has 1 aliphatic carbocycles. The highest BCUT2D eigenvalue weighted by Gasteiger charge is 2.32. The van der Waals surface area contributed by atoms with Gasteiger partial charge in [0.2, 0.25) is 5.91 Å². The summed E-state index contributed by atoms with van der Waals surface area (Å²) in [6.07, 6.45) is 8.43. The highest BCUT2D eigenvalue weighted by molar-refractivity contribution is 5.78. The fourth-order valence-electron chi connectivity index (χ4n) is 1.46. The number of carbonyl (C=O) groups is 1. The Morgan fingerprint density at radius 1 is 1.62 bits per heavy atom. The molecule has 2 N–H and O–H groups in total. The van der Waals surface area contributed by atoms with Crippen molar-refractivity contribution in [3.63, 3.8) is 0 Å². The number of hydrogen-bond acceptors (Lipinski definition) is 2. The second kappa shape index (κ2) is 4.29. The monoisotopic (exact) mass is 180 g/mol. The molecule has 3 nitrogen and oxygen atoms in total. The number of carbonyl (C=O) groups excluding carboxylic acids is 1. The van der Waals surface area contributed by atoms with Crippen LogP contribution in [-0.2, 0) is 4.79 Å². The van der Waals surface area contributed by atoms with Gasteiger partial charge in [0.15, 0.2) is 0 Å². The third kappa shape index (κ3) is 3.08. The van der Waals surface area contributed by atoms with E-state index >= 15 is 0 Å². The van der Waals surface area contributed by atoms with Gasteiger partial charge in [-0.2, -0.15) is 0 Å². The average Bonchev–Trinajstić information content (AvgIpc) is 2.02. The fourth-order valence-corrected chi connectivity index (χ4v) is 1.46. The first kappa shape index (κ1) is 10.1. The summed E-state index contributed by atoms with van der Waals surface area (Å²) >= 11 is 0. The van der Waals surface area contributed by atoms with E-state index in [0.717, 1.165) is 12.8 Å². The maximum absolute atomic E-state index is 11.3. The molecule has 0 unspecified atom stereocenters. The van der Waals surface area contributed by atoms with Gasteiger partial charge in [0, 0.05) is 5.54 Å². The van der Waals surface area contributed by atoms with Crippen LogP contribution in [0.2, 0.25) is 0 Å². The van der Waals surface area contributed by atoms with Crippen LogP contribution in [-0.4, -0.2) is 24.5 Å². The lowest BCUT2D eigenvalue weighted by molar-refractivity contribution is -0.122. The van der Waals surface area contributed by atoms with Crippen molar-refractivity contribution in [2.24, 2.45) is 0 Å². The topological polar surface area (TPSA) is 41.1 Å². The first-order chi connectivity index (χ1) is 6.16. The van der Waals surface area contributed by atoms with Crippen LogP contribution in [0, 0.1) is 12.3 Å². The van der Waals surface area contributed by atoms with Crippen molar-refractivity contribution in [2.75, 3.05) is 13.1 Å². The van der Waals surface area contributed by atoms with Crippen molar-refractivity contribution in [2.45, 2.75) is 31.7 Å². The van der Waals surface area contributed by atoms with Crippen LogP contribution >= 0.6 is 0 Å². The Morgan fingerprint density at radius 2 is 2.31 bits per heavy atom. The summed E-state index contributed by atoms with van der Waals surface area (Å²) in [5, 5.41) is 5.84. The zero-order valence-corrected chi connectivity index (χ0v) is 8.02. The highest BCUT2D eigenvalue weighted by atomic mass is 16.2. The maximum atomic E-state index is 11.3. The minimum atomic E-state index is 0.0393. The Kier molecular flexibility index (Phi) is 3.32. The van der Waals surface area contributed by atoms with Crippen LogP contribution in [0.3, 0.4) is 0 Å². The number of amides is 1. The van der Waals surface area contributed by atoms with E-state index in [2.05, 4.69) is 23.5 Å². The molecule has 0 bridgehead atoms. The van der Waals surface area contributed by atoms with Crippen molar-refractivity contribution in [3.8, 4) is 12.3 Å². The Morgan fingerprint density at radius 3 is 2.77 bits per heavy atom. The van der Waals surface area contributed by atoms with Crippen LogP contribution in [0.4, 0.5) is 0 Å². The summed E-state index contributed by atoms with van der Waals surface area (Å²) in [7, 11) is 0. The molecule has 1 aliphatic rings. The van der Waals surface area contributed by atoms with Gasteiger partial charge in [-0.15, -0.1) is 6.42 Å². The van der Waals surface area contributed by atoms with Crippen LogP contribution in [0.25, 0.3) is 0 Å². The maximum Gasteiger partial charge on any atom is 0.234 e. The van der Waals surface area contributed by atoms with Gasteiger partial charge in [-0.05, 0) is 26.2 Å². The van der Waals surface area contributed by atoms with Crippen molar-refractivity contribution < 1.29 is 4.79 Å². The lowest BCUT2D eigenvalue weighted by Crippen LogP contribution is -2.53. The predicted octanol–water partition coefficient (Wildman–Crippen LogP) is 0.268. The lowest BCUT2D eigenvalue weighted by Gasteiger charge is -2.39. The normalized spacial score (nSPS) is 18.5. The molecule has 1 fully saturated rings. The lowest BCUT2D eigenvalue weighted by atomic mass is 9.78. The third-order valence-corrected chi connectivity index (χ3v) is 2.41. The minimum Gasteiger partial charge on any atom is -0.350 e. The largest absolute Gasteiger partial charge is 0.350 e. The zero-order chi connectivity index (χ0) is 9.73. The standard InChI is InChI=1S/C10H16N2O/c1-3-7-11-8-9(13)12-10(2)5-4-6-10/h1,11H,4-8H2,2H3,(H,12,13). The summed E-state index contributed by atoms with van der Waals surface area (Å²) in [5.74, 6) is 2.46. The van der Waals surface area contributed by atoms with E-state index in [1.165, 1.54) is 6.42 Å². The minimum absolute atomic E-state index is 0.0393. The van der Waals surface area contributed by atoms with Crippen molar-refractivity contribution in [3.05, 3.63) is 0 Å². The van der Waals surface area contributed by atoms with Gasteiger partial charge in [0.05, 0.1) is 13.1 Å². The number of terminal acetylenes is 1. The summed E-state index contributed by atoms with van der Waals surface area (Å²) in [6, 6.07) is 0. The highest BCUT2D eigenvalue weighted by Crippen LogP contribution is 2.30. The summed E-state index contributed by atoms with van der Waals surface area (Å²) < 4.78 is 0. The number of rotatable bonds is 4. The quantitative estimate of drug-likeness (QED) is 0.481. The molecule has 0 aromatic heterocycles. The molecular formula is C10H16N2O. The summed E-state index contributed by atoms with van der Waals surface area (Å²) in [4.78, 5) is 11.3. The van der Waals surface area contributed by atoms with Crippen LogP contribution < -0.4 is 10.6 Å². The first-order valence-corrected chi connectivity index (χ1v) is 4.61. The Balaban J connectivity index is 2.14. The fraction of sp³-hybridized carbons (Fsp3) is 0.700. The van der Waals surface area contributed by atoms with E-state index < -0.39 is 0 Å². The van der Waals surface area contributed by atoms with E-state index in [9.17, 15) is 4.79 Å². The predicted molar refractivity (Wildman–Crippen MR) is 52.1 cm³/mol. The molecule has 1 amide bonds. The SMILES string of the molecule is C#CCNCC(=O)NC1(C)CCC1. The van der Waals surface area contributed by atoms with E-state index in [1.54, 1.807) is 0 Å². The second-order valence-corrected chi connectivity index (χ2v) is 3.77. The van der Waals surface area contributed by atoms with Gasteiger partial charge in [-0.25, -0.2) is 0 Å². The Labute approximate surface area is 79.3 Å². The van der Waals surface area contributed by atoms with Crippen molar-refractivity contribution >= 4 is 5.91 Å². The molecular weight excluding hydrogens is 164 g/mol. The molecule has 0 aromatic carbocycles. The molecule has 3 heteroatoms. The molecule has 0 aromatic rings. The molecule has 1 saturated carbocycles. The molecule has 0 spiro atoms. The molecule has 0 radical (unpaired) electrons. The zero-order valence-electron chi connectivity index (χ0n) is 8.02. The van der Waals surface area contributed by atoms with E-state index in [0.29, 0.717) is 13.1 Å². The molecule has 0 saturated heterocycles. The average molecular weight is 180 g/mol. The number of nitrogens with one attached hydrogen (secondary N) is 2. The molecule has 0 atom stereocenters.